The van der Waals surface area contributed by atoms with Gasteiger partial charge in [-0.15, -0.1) is 24.5 Å². The first kappa shape index (κ1) is 38.7. The van der Waals surface area contributed by atoms with E-state index < -0.39 is 34.4 Å². The lowest BCUT2D eigenvalue weighted by Gasteiger charge is -2.26. The van der Waals surface area contributed by atoms with E-state index in [2.05, 4.69) is 20.4 Å². The quantitative estimate of drug-likeness (QED) is 0.159. The van der Waals surface area contributed by atoms with E-state index in [0.717, 1.165) is 39.7 Å². The van der Waals surface area contributed by atoms with Gasteiger partial charge in [0.2, 0.25) is 10.0 Å². The number of alkyl halides is 3. The topological polar surface area (TPSA) is 141 Å². The number of likely N-dealkylation sites (tertiary alicyclic amines) is 1. The molecule has 0 aliphatic carbocycles. The Morgan fingerprint density at radius 3 is 2.46 bits per heavy atom. The number of aliphatic hydroxyl groups excluding tert-OH is 1. The Bertz CT molecular complexity index is 1980. The minimum Gasteiger partial charge on any atom is -0.406 e. The van der Waals surface area contributed by atoms with Crippen molar-refractivity contribution in [2.24, 2.45) is 0 Å². The van der Waals surface area contributed by atoms with Crippen molar-refractivity contribution in [1.29, 1.82) is 0 Å². The molecule has 2 heterocycles. The average Bonchev–Trinajstić information content (AvgIpc) is 3.75. The van der Waals surface area contributed by atoms with Crippen LogP contribution in [0.1, 0.15) is 61.4 Å². The zero-order valence-electron chi connectivity index (χ0n) is 28.8. The number of hydrogen-bond acceptors (Lipinski definition) is 9. The fourth-order valence-corrected chi connectivity index (χ4v) is 7.39. The van der Waals surface area contributed by atoms with Gasteiger partial charge in [0.05, 0.1) is 30.1 Å². The second kappa shape index (κ2) is 16.4. The molecule has 3 atom stereocenters. The van der Waals surface area contributed by atoms with Crippen molar-refractivity contribution in [3.63, 3.8) is 0 Å². The summed E-state index contributed by atoms with van der Waals surface area (Å²) in [7, 11) is -2.45. The van der Waals surface area contributed by atoms with Crippen LogP contribution < -0.4 is 19.7 Å². The molecule has 0 bridgehead atoms. The van der Waals surface area contributed by atoms with E-state index >= 15 is 0 Å². The van der Waals surface area contributed by atoms with Crippen LogP contribution >= 0.6 is 11.3 Å². The molecule has 16 heteroatoms. The molecule has 1 aliphatic rings. The van der Waals surface area contributed by atoms with Gasteiger partial charge >= 0.3 is 6.36 Å². The van der Waals surface area contributed by atoms with Crippen LogP contribution in [-0.4, -0.2) is 80.1 Å². The van der Waals surface area contributed by atoms with Gasteiger partial charge < -0.3 is 25.4 Å². The fourth-order valence-electron chi connectivity index (χ4n) is 5.96. The van der Waals surface area contributed by atoms with Crippen LogP contribution in [0.3, 0.4) is 0 Å². The van der Waals surface area contributed by atoms with E-state index in [1.54, 1.807) is 11.0 Å². The minimum atomic E-state index is -4.84. The SMILES string of the molecule is Cc1csc(C2CCCN2C(=O)c2cc(C(=O)NC(Cc3ccccc3)C(O)CNCc3cccc(OC(F)(F)F)c3)cc(N(C)S(C)(=O)=O)c2)n1. The first-order chi connectivity index (χ1) is 24.6. The zero-order chi connectivity index (χ0) is 37.6. The molecule has 2 amide bonds. The molecule has 11 nitrogen and oxygen atoms in total. The van der Waals surface area contributed by atoms with Crippen LogP contribution in [-0.2, 0) is 23.0 Å². The standard InChI is InChI=1S/C36H40F3N5O6S2/c1-23-22-51-34(41-23)31-13-8-14-44(31)35(47)27-17-26(18-28(19-27)43(2)52(3,48)49)33(46)42-30(16-24-9-5-4-6-10-24)32(45)21-40-20-25-11-7-12-29(15-25)50-36(37,38)39/h4-7,9-12,15,17-19,22,30-32,40,45H,8,13-14,16,20-21H2,1-3H3,(H,42,46). The van der Waals surface area contributed by atoms with Crippen molar-refractivity contribution < 1.29 is 41.0 Å². The minimum absolute atomic E-state index is 0.0110. The molecule has 1 aliphatic heterocycles. The van der Waals surface area contributed by atoms with Gasteiger partial charge in [-0.1, -0.05) is 42.5 Å². The van der Waals surface area contributed by atoms with Crippen LogP contribution in [0.4, 0.5) is 18.9 Å². The predicted octanol–water partition coefficient (Wildman–Crippen LogP) is 5.22. The monoisotopic (exact) mass is 759 g/mol. The van der Waals surface area contributed by atoms with Gasteiger partial charge in [-0.05, 0) is 67.6 Å². The van der Waals surface area contributed by atoms with E-state index in [9.17, 15) is 36.3 Å². The van der Waals surface area contributed by atoms with Gasteiger partial charge in [-0.2, -0.15) is 0 Å². The average molecular weight is 760 g/mol. The number of sulfonamides is 1. The van der Waals surface area contributed by atoms with Crippen molar-refractivity contribution in [1.82, 2.24) is 20.5 Å². The molecule has 1 aromatic heterocycles. The second-order valence-electron chi connectivity index (χ2n) is 12.6. The molecule has 278 valence electrons. The zero-order valence-corrected chi connectivity index (χ0v) is 30.4. The summed E-state index contributed by atoms with van der Waals surface area (Å²) in [6.45, 7) is 2.40. The maximum absolute atomic E-state index is 14.0. The normalized spacial score (nSPS) is 16.0. The molecular weight excluding hydrogens is 720 g/mol. The molecule has 0 radical (unpaired) electrons. The van der Waals surface area contributed by atoms with E-state index in [0.29, 0.717) is 12.1 Å². The Kier molecular flexibility index (Phi) is 12.2. The fraction of sp³-hybridized carbons (Fsp3) is 0.361. The highest BCUT2D eigenvalue weighted by molar-refractivity contribution is 7.92. The number of amides is 2. The lowest BCUT2D eigenvalue weighted by atomic mass is 10.00. The van der Waals surface area contributed by atoms with Gasteiger partial charge in [0.25, 0.3) is 11.8 Å². The lowest BCUT2D eigenvalue weighted by Crippen LogP contribution is -2.48. The highest BCUT2D eigenvalue weighted by Crippen LogP contribution is 2.35. The highest BCUT2D eigenvalue weighted by Gasteiger charge is 2.34. The number of nitrogens with one attached hydrogen (secondary N) is 2. The number of aliphatic hydroxyl groups is 1. The number of hydrogen-bond donors (Lipinski definition) is 3. The van der Waals surface area contributed by atoms with E-state index in [4.69, 9.17) is 0 Å². The van der Waals surface area contributed by atoms with E-state index in [1.165, 1.54) is 54.8 Å². The molecule has 3 N–H and O–H groups in total. The Morgan fingerprint density at radius 2 is 1.79 bits per heavy atom. The molecule has 1 fully saturated rings. The van der Waals surface area contributed by atoms with Gasteiger partial charge in [0.1, 0.15) is 10.8 Å². The number of halogens is 3. The number of benzene rings is 3. The van der Waals surface area contributed by atoms with Crippen molar-refractivity contribution >= 4 is 38.9 Å². The van der Waals surface area contributed by atoms with Gasteiger partial charge in [0.15, 0.2) is 0 Å². The summed E-state index contributed by atoms with van der Waals surface area (Å²) >= 11 is 1.47. The number of rotatable bonds is 14. The molecule has 3 unspecified atom stereocenters. The number of carbonyl (C=O) groups is 2. The largest absolute Gasteiger partial charge is 0.573 e. The van der Waals surface area contributed by atoms with Crippen molar-refractivity contribution in [3.05, 3.63) is 111 Å². The molecule has 0 saturated carbocycles. The molecule has 4 aromatic rings. The number of aryl methyl sites for hydroxylation is 1. The van der Waals surface area contributed by atoms with Crippen LogP contribution in [0.25, 0.3) is 0 Å². The first-order valence-electron chi connectivity index (χ1n) is 16.5. The third-order valence-electron chi connectivity index (χ3n) is 8.62. The summed E-state index contributed by atoms with van der Waals surface area (Å²) in [6, 6.07) is 17.7. The van der Waals surface area contributed by atoms with Gasteiger partial charge in [-0.25, -0.2) is 13.4 Å². The summed E-state index contributed by atoms with van der Waals surface area (Å²) < 4.78 is 68.2. The highest BCUT2D eigenvalue weighted by atomic mass is 32.2. The van der Waals surface area contributed by atoms with Gasteiger partial charge in [0, 0.05) is 48.9 Å². The Hall–Kier alpha value is -4.51. The second-order valence-corrected chi connectivity index (χ2v) is 15.5. The molecule has 0 spiro atoms. The predicted molar refractivity (Wildman–Crippen MR) is 192 cm³/mol. The lowest BCUT2D eigenvalue weighted by molar-refractivity contribution is -0.274. The Labute approximate surface area is 304 Å². The van der Waals surface area contributed by atoms with Crippen LogP contribution in [0, 0.1) is 6.92 Å². The third kappa shape index (κ3) is 10.3. The Morgan fingerprint density at radius 1 is 1.08 bits per heavy atom. The van der Waals surface area contributed by atoms with Crippen molar-refractivity contribution in [2.75, 3.05) is 30.7 Å². The van der Waals surface area contributed by atoms with Crippen LogP contribution in [0.2, 0.25) is 0 Å². The van der Waals surface area contributed by atoms with Crippen LogP contribution in [0.15, 0.2) is 78.2 Å². The number of carbonyl (C=O) groups excluding carboxylic acids is 2. The summed E-state index contributed by atoms with van der Waals surface area (Å²) in [4.78, 5) is 34.3. The summed E-state index contributed by atoms with van der Waals surface area (Å²) in [5.74, 6) is -1.40. The molecular formula is C36H40F3N5O6S2. The van der Waals surface area contributed by atoms with E-state index in [1.807, 2.05) is 42.6 Å². The van der Waals surface area contributed by atoms with Crippen molar-refractivity contribution in [3.8, 4) is 5.75 Å². The number of ether oxygens (including phenoxy) is 1. The maximum Gasteiger partial charge on any atom is 0.573 e. The number of thiazole rings is 1. The summed E-state index contributed by atoms with van der Waals surface area (Å²) in [5.41, 5.74) is 2.38. The Balaban J connectivity index is 1.38. The van der Waals surface area contributed by atoms with Crippen molar-refractivity contribution in [2.45, 2.75) is 57.3 Å². The first-order valence-corrected chi connectivity index (χ1v) is 19.2. The molecule has 52 heavy (non-hydrogen) atoms. The summed E-state index contributed by atoms with van der Waals surface area (Å²) in [6.07, 6.45) is -3.31. The molecule has 1 saturated heterocycles. The molecule has 5 rings (SSSR count). The van der Waals surface area contributed by atoms with E-state index in [-0.39, 0.29) is 54.0 Å². The smallest absolute Gasteiger partial charge is 0.406 e. The molecule has 3 aromatic carbocycles. The number of anilines is 1. The third-order valence-corrected chi connectivity index (χ3v) is 10.9. The number of aromatic nitrogens is 1. The summed E-state index contributed by atoms with van der Waals surface area (Å²) in [5, 5.41) is 19.9. The maximum atomic E-state index is 14.0. The van der Waals surface area contributed by atoms with Gasteiger partial charge in [-0.3, -0.25) is 13.9 Å². The number of nitrogens with zero attached hydrogens (tertiary/aromatic N) is 3. The van der Waals surface area contributed by atoms with Crippen LogP contribution in [0.5, 0.6) is 5.75 Å².